The van der Waals surface area contributed by atoms with Crippen molar-refractivity contribution in [1.82, 2.24) is 14.8 Å². The summed E-state index contributed by atoms with van der Waals surface area (Å²) in [5.41, 5.74) is 2.92. The van der Waals surface area contributed by atoms with Gasteiger partial charge in [0.25, 0.3) is 0 Å². The van der Waals surface area contributed by atoms with Crippen LogP contribution in [0.4, 0.5) is 0 Å². The van der Waals surface area contributed by atoms with Crippen LogP contribution in [-0.2, 0) is 19.4 Å². The Morgan fingerprint density at radius 2 is 1.51 bits per heavy atom. The largest absolute Gasteiger partial charge is 0.305 e. The summed E-state index contributed by atoms with van der Waals surface area (Å²) in [7, 11) is 0. The van der Waals surface area contributed by atoms with Gasteiger partial charge in [0.05, 0.1) is 0 Å². The van der Waals surface area contributed by atoms with E-state index >= 15 is 0 Å². The maximum absolute atomic E-state index is 13.6. The van der Waals surface area contributed by atoms with Crippen LogP contribution in [0, 0.1) is 0 Å². The van der Waals surface area contributed by atoms with E-state index in [1.165, 1.54) is 22.2 Å². The third-order valence-corrected chi connectivity index (χ3v) is 7.91. The van der Waals surface area contributed by atoms with Gasteiger partial charge in [-0.2, -0.15) is 0 Å². The number of Topliss-reactive ketones (excluding diaryl/α,β-unsaturated/α-hetero) is 1. The molecule has 0 saturated heterocycles. The van der Waals surface area contributed by atoms with E-state index in [0.717, 1.165) is 35.9 Å². The fraction of sp³-hybridized carbons (Fsp3) is 0.138. The normalized spacial score (nSPS) is 11.9. The van der Waals surface area contributed by atoms with Gasteiger partial charge in [-0.1, -0.05) is 109 Å². The van der Waals surface area contributed by atoms with Crippen molar-refractivity contribution in [1.29, 1.82) is 0 Å². The topological polar surface area (TPSA) is 47.8 Å². The number of aromatic nitrogens is 3. The number of nitrogens with zero attached hydrogens (tertiary/aromatic N) is 3. The first kappa shape index (κ1) is 23.3. The van der Waals surface area contributed by atoms with Crippen LogP contribution in [0.3, 0.4) is 0 Å². The van der Waals surface area contributed by atoms with Crippen LogP contribution in [-0.4, -0.2) is 20.5 Å². The molecule has 6 heteroatoms. The Balaban J connectivity index is 1.48. The molecule has 1 atom stereocenters. The Bertz CT molecular complexity index is 1350. The van der Waals surface area contributed by atoms with Crippen LogP contribution < -0.4 is 0 Å². The highest BCUT2D eigenvalue weighted by Gasteiger charge is 2.26. The Morgan fingerprint density at radius 1 is 0.829 bits per heavy atom. The van der Waals surface area contributed by atoms with Gasteiger partial charge in [0.1, 0.15) is 11.1 Å². The number of thiophene rings is 1. The second-order valence-corrected chi connectivity index (χ2v) is 10.3. The Morgan fingerprint density at radius 3 is 2.20 bits per heavy atom. The molecule has 0 unspecified atom stereocenters. The maximum Gasteiger partial charge on any atom is 0.192 e. The molecule has 5 aromatic rings. The first-order valence-corrected chi connectivity index (χ1v) is 13.3. The van der Waals surface area contributed by atoms with Gasteiger partial charge in [-0.05, 0) is 29.0 Å². The number of hydrogen-bond donors (Lipinski definition) is 0. The molecule has 0 aliphatic rings. The molecule has 4 nitrogen and oxygen atoms in total. The molecule has 3 aromatic carbocycles. The monoisotopic (exact) mass is 495 g/mol. The summed E-state index contributed by atoms with van der Waals surface area (Å²) in [5.74, 6) is 0.990. The SMILES string of the molecule is O=C(c1ccccc1)[C@@H](Sc1nnc(Cc2cccs2)n1CCc1ccccc1)c1ccccc1. The molecule has 0 spiro atoms. The molecular formula is C29H25N3OS2. The minimum atomic E-state index is -0.409. The maximum atomic E-state index is 13.6. The van der Waals surface area contributed by atoms with Crippen molar-refractivity contribution in [2.45, 2.75) is 29.8 Å². The van der Waals surface area contributed by atoms with E-state index in [-0.39, 0.29) is 5.78 Å². The van der Waals surface area contributed by atoms with Crippen LogP contribution in [0.1, 0.15) is 37.4 Å². The van der Waals surface area contributed by atoms with Crippen LogP contribution >= 0.6 is 23.1 Å². The third-order valence-electron chi connectivity index (χ3n) is 5.79. The van der Waals surface area contributed by atoms with Crippen molar-refractivity contribution in [3.63, 3.8) is 0 Å². The second kappa shape index (κ2) is 11.3. The summed E-state index contributed by atoms with van der Waals surface area (Å²) >= 11 is 3.20. The molecule has 174 valence electrons. The van der Waals surface area contributed by atoms with E-state index in [4.69, 9.17) is 0 Å². The highest BCUT2D eigenvalue weighted by molar-refractivity contribution is 8.00. The van der Waals surface area contributed by atoms with Gasteiger partial charge in [-0.3, -0.25) is 4.79 Å². The van der Waals surface area contributed by atoms with Gasteiger partial charge in [0.15, 0.2) is 10.9 Å². The predicted octanol–water partition coefficient (Wildman–Crippen LogP) is 6.89. The fourth-order valence-corrected chi connectivity index (χ4v) is 5.84. The van der Waals surface area contributed by atoms with E-state index in [1.54, 1.807) is 11.3 Å². The van der Waals surface area contributed by atoms with Gasteiger partial charge in [0, 0.05) is 23.4 Å². The number of benzene rings is 3. The van der Waals surface area contributed by atoms with Crippen molar-refractivity contribution in [3.05, 3.63) is 136 Å². The summed E-state index contributed by atoms with van der Waals surface area (Å²) in [6.07, 6.45) is 1.59. The zero-order valence-corrected chi connectivity index (χ0v) is 20.8. The van der Waals surface area contributed by atoms with Crippen molar-refractivity contribution in [2.24, 2.45) is 0 Å². The van der Waals surface area contributed by atoms with Gasteiger partial charge in [-0.15, -0.1) is 21.5 Å². The van der Waals surface area contributed by atoms with E-state index in [2.05, 4.69) is 56.5 Å². The number of aryl methyl sites for hydroxylation is 1. The van der Waals surface area contributed by atoms with Crippen molar-refractivity contribution in [3.8, 4) is 0 Å². The van der Waals surface area contributed by atoms with E-state index in [9.17, 15) is 4.79 Å². The third kappa shape index (κ3) is 5.78. The van der Waals surface area contributed by atoms with Gasteiger partial charge < -0.3 is 4.57 Å². The number of hydrogen-bond acceptors (Lipinski definition) is 5. The number of carbonyl (C=O) groups excluding carboxylic acids is 1. The van der Waals surface area contributed by atoms with E-state index in [1.807, 2.05) is 66.7 Å². The summed E-state index contributed by atoms with van der Waals surface area (Å²) in [6, 6.07) is 34.1. The highest BCUT2D eigenvalue weighted by atomic mass is 32.2. The minimum absolute atomic E-state index is 0.0687. The number of carbonyl (C=O) groups is 1. The van der Waals surface area contributed by atoms with Crippen LogP contribution in [0.25, 0.3) is 0 Å². The molecule has 0 fully saturated rings. The van der Waals surface area contributed by atoms with Crippen LogP contribution in [0.5, 0.6) is 0 Å². The fourth-order valence-electron chi connectivity index (χ4n) is 3.98. The molecule has 0 bridgehead atoms. The Labute approximate surface area is 213 Å². The average Bonchev–Trinajstić information content (AvgIpc) is 3.57. The highest BCUT2D eigenvalue weighted by Crippen LogP contribution is 2.37. The molecule has 2 heterocycles. The van der Waals surface area contributed by atoms with Crippen LogP contribution in [0.2, 0.25) is 0 Å². The molecule has 35 heavy (non-hydrogen) atoms. The summed E-state index contributed by atoms with van der Waals surface area (Å²) in [5, 5.41) is 11.6. The lowest BCUT2D eigenvalue weighted by molar-refractivity contribution is 0.0989. The van der Waals surface area contributed by atoms with Crippen LogP contribution in [0.15, 0.2) is 114 Å². The molecule has 0 N–H and O–H groups in total. The zero-order chi connectivity index (χ0) is 23.9. The number of ketones is 1. The summed E-state index contributed by atoms with van der Waals surface area (Å²) in [6.45, 7) is 0.751. The first-order valence-electron chi connectivity index (χ1n) is 11.6. The second-order valence-electron chi connectivity index (χ2n) is 8.18. The molecule has 0 aliphatic heterocycles. The summed E-state index contributed by atoms with van der Waals surface area (Å²) in [4.78, 5) is 14.9. The Hall–Kier alpha value is -3.48. The van der Waals surface area contributed by atoms with Gasteiger partial charge in [-0.25, -0.2) is 0 Å². The molecule has 2 aromatic heterocycles. The Kier molecular flexibility index (Phi) is 7.51. The van der Waals surface area contributed by atoms with E-state index < -0.39 is 5.25 Å². The minimum Gasteiger partial charge on any atom is -0.305 e. The average molecular weight is 496 g/mol. The van der Waals surface area contributed by atoms with Gasteiger partial charge >= 0.3 is 0 Å². The van der Waals surface area contributed by atoms with Crippen molar-refractivity contribution >= 4 is 28.9 Å². The van der Waals surface area contributed by atoms with Crippen molar-refractivity contribution < 1.29 is 4.79 Å². The molecule has 0 saturated carbocycles. The lowest BCUT2D eigenvalue weighted by Gasteiger charge is -2.17. The standard InChI is InChI=1S/C29H25N3OS2/c33-27(23-13-6-2-7-14-23)28(24-15-8-3-9-16-24)35-29-31-30-26(21-25-17-10-20-34-25)32(29)19-18-22-11-4-1-5-12-22/h1-17,20,28H,18-19,21H2/t28-/m0/s1. The number of rotatable bonds is 10. The van der Waals surface area contributed by atoms with Gasteiger partial charge in [0.2, 0.25) is 0 Å². The molecule has 0 amide bonds. The summed E-state index contributed by atoms with van der Waals surface area (Å²) < 4.78 is 2.19. The lowest BCUT2D eigenvalue weighted by atomic mass is 10.0. The molecule has 5 rings (SSSR count). The van der Waals surface area contributed by atoms with E-state index in [0.29, 0.717) is 5.56 Å². The zero-order valence-electron chi connectivity index (χ0n) is 19.2. The quantitative estimate of drug-likeness (QED) is 0.156. The van der Waals surface area contributed by atoms with Crippen molar-refractivity contribution in [2.75, 3.05) is 0 Å². The number of thioether (sulfide) groups is 1. The predicted molar refractivity (Wildman–Crippen MR) is 143 cm³/mol. The smallest absolute Gasteiger partial charge is 0.192 e. The lowest BCUT2D eigenvalue weighted by Crippen LogP contribution is -2.13. The first-order chi connectivity index (χ1) is 17.3. The molecule has 0 radical (unpaired) electrons. The molecular weight excluding hydrogens is 470 g/mol. The molecule has 0 aliphatic carbocycles.